The molecule has 2 fully saturated rings. The van der Waals surface area contributed by atoms with Gasteiger partial charge in [0, 0.05) is 68.7 Å². The average molecular weight is 589 g/mol. The second-order valence-electron chi connectivity index (χ2n) is 12.0. The van der Waals surface area contributed by atoms with Gasteiger partial charge in [0.15, 0.2) is 0 Å². The molecule has 43 heavy (non-hydrogen) atoms. The topological polar surface area (TPSA) is 171 Å². The van der Waals surface area contributed by atoms with Gasteiger partial charge in [-0.25, -0.2) is 9.97 Å². The molecule has 3 aliphatic heterocycles. The Kier molecular flexibility index (Phi) is 8.89. The third kappa shape index (κ3) is 6.67. The van der Waals surface area contributed by atoms with E-state index in [0.29, 0.717) is 57.2 Å². The standard InChI is InChI=1S/C30H40N10O3/c31-29(19-5-8-39(9-6-19)28(43)18-41)24(15-32-16-27(42)40-10-7-25-26(17-40)37-38-36-25)22-13-33-30(34-14-22)35-23-11-20-3-1-2-4-21(20)12-23/h1-4,13-14,19,23-26,31-32,41H,5-12,15-18H2,(H,36,37)(H,33,34,35). The molecule has 0 bridgehead atoms. The first-order valence-corrected chi connectivity index (χ1v) is 15.2. The fraction of sp³-hybridized carbons (Fsp3) is 0.567. The maximum absolute atomic E-state index is 13.0. The molecule has 2 saturated heterocycles. The molecular formula is C30H40N10O3. The monoisotopic (exact) mass is 588 g/mol. The fourth-order valence-electron chi connectivity index (χ4n) is 6.72. The number of benzene rings is 1. The van der Waals surface area contributed by atoms with Crippen LogP contribution in [0, 0.1) is 11.3 Å². The molecule has 0 saturated carbocycles. The first kappa shape index (κ1) is 29.1. The Morgan fingerprint density at radius 3 is 2.42 bits per heavy atom. The molecule has 4 heterocycles. The van der Waals surface area contributed by atoms with E-state index in [1.165, 1.54) is 11.1 Å². The van der Waals surface area contributed by atoms with Crippen LogP contribution in [-0.2, 0) is 22.4 Å². The molecule has 5 N–H and O–H groups in total. The van der Waals surface area contributed by atoms with Crippen LogP contribution in [0.5, 0.6) is 0 Å². The summed E-state index contributed by atoms with van der Waals surface area (Å²) in [6.45, 7) is 2.33. The lowest BCUT2D eigenvalue weighted by Gasteiger charge is -2.34. The van der Waals surface area contributed by atoms with Crippen molar-refractivity contribution in [2.45, 2.75) is 56.1 Å². The molecule has 6 rings (SSSR count). The molecule has 13 nitrogen and oxygen atoms in total. The van der Waals surface area contributed by atoms with E-state index in [2.05, 4.69) is 60.6 Å². The zero-order valence-corrected chi connectivity index (χ0v) is 24.3. The molecule has 2 aromatic rings. The highest BCUT2D eigenvalue weighted by Crippen LogP contribution is 2.28. The minimum Gasteiger partial charge on any atom is -0.387 e. The highest BCUT2D eigenvalue weighted by atomic mass is 16.3. The summed E-state index contributed by atoms with van der Waals surface area (Å²) in [4.78, 5) is 37.7. The molecule has 3 atom stereocenters. The predicted molar refractivity (Wildman–Crippen MR) is 160 cm³/mol. The van der Waals surface area contributed by atoms with E-state index in [9.17, 15) is 20.1 Å². The number of fused-ring (bicyclic) bond motifs is 2. The zero-order valence-electron chi connectivity index (χ0n) is 24.3. The van der Waals surface area contributed by atoms with Gasteiger partial charge in [0.25, 0.3) is 0 Å². The van der Waals surface area contributed by atoms with Gasteiger partial charge in [0.05, 0.1) is 18.6 Å². The summed E-state index contributed by atoms with van der Waals surface area (Å²) in [5, 5.41) is 33.3. The molecule has 2 amide bonds. The van der Waals surface area contributed by atoms with Crippen molar-refractivity contribution in [1.29, 1.82) is 5.41 Å². The van der Waals surface area contributed by atoms with Gasteiger partial charge in [-0.3, -0.25) is 15.0 Å². The number of carbonyl (C=O) groups is 2. The van der Waals surface area contributed by atoms with E-state index in [1.807, 2.05) is 4.90 Å². The van der Waals surface area contributed by atoms with Crippen LogP contribution in [0.15, 0.2) is 47.0 Å². The van der Waals surface area contributed by atoms with Crippen molar-refractivity contribution in [3.05, 3.63) is 53.3 Å². The molecule has 1 aromatic carbocycles. The van der Waals surface area contributed by atoms with E-state index < -0.39 is 6.61 Å². The van der Waals surface area contributed by atoms with Crippen LogP contribution >= 0.6 is 0 Å². The third-order valence-corrected chi connectivity index (χ3v) is 9.24. The normalized spacial score (nSPS) is 22.5. The molecule has 4 aliphatic rings. The Morgan fingerprint density at radius 1 is 1.02 bits per heavy atom. The number of rotatable bonds is 10. The molecule has 228 valence electrons. The fourth-order valence-corrected chi connectivity index (χ4v) is 6.72. The second-order valence-corrected chi connectivity index (χ2v) is 12.0. The van der Waals surface area contributed by atoms with Gasteiger partial charge in [-0.2, -0.15) is 5.11 Å². The first-order valence-electron chi connectivity index (χ1n) is 15.2. The second kappa shape index (κ2) is 13.1. The van der Waals surface area contributed by atoms with Crippen molar-refractivity contribution < 1.29 is 14.7 Å². The average Bonchev–Trinajstić information content (AvgIpc) is 3.69. The van der Waals surface area contributed by atoms with Crippen LogP contribution in [0.2, 0.25) is 0 Å². The van der Waals surface area contributed by atoms with Gasteiger partial charge in [0.2, 0.25) is 17.8 Å². The lowest BCUT2D eigenvalue weighted by molar-refractivity contribution is -0.135. The molecule has 0 spiro atoms. The number of nitrogens with one attached hydrogen (secondary N) is 4. The van der Waals surface area contributed by atoms with Gasteiger partial charge in [-0.05, 0) is 48.8 Å². The Balaban J connectivity index is 1.09. The predicted octanol–water partition coefficient (Wildman–Crippen LogP) is 0.920. The summed E-state index contributed by atoms with van der Waals surface area (Å²) in [5.74, 6) is -0.0277. The van der Waals surface area contributed by atoms with Crippen LogP contribution in [0.25, 0.3) is 0 Å². The first-order chi connectivity index (χ1) is 21.0. The molecule has 0 radical (unpaired) electrons. The highest BCUT2D eigenvalue weighted by molar-refractivity contribution is 5.91. The lowest BCUT2D eigenvalue weighted by atomic mass is 9.82. The van der Waals surface area contributed by atoms with Crippen molar-refractivity contribution in [3.8, 4) is 0 Å². The summed E-state index contributed by atoms with van der Waals surface area (Å²) < 4.78 is 0. The minimum atomic E-state index is -0.495. The number of hydrogen-bond acceptors (Lipinski definition) is 11. The maximum atomic E-state index is 13.0. The van der Waals surface area contributed by atoms with Crippen molar-refractivity contribution in [2.24, 2.45) is 16.3 Å². The SMILES string of the molecule is N=C(C1CCN(C(=O)CO)CC1)C(CNCC(=O)N1CCC2N=NNC2C1)c1cnc(NC2Cc3ccccc3C2)nc1. The Morgan fingerprint density at radius 2 is 1.72 bits per heavy atom. The largest absolute Gasteiger partial charge is 0.387 e. The number of carbonyl (C=O) groups excluding carboxylic acids is 2. The molecule has 3 unspecified atom stereocenters. The minimum absolute atomic E-state index is 0.0139. The van der Waals surface area contributed by atoms with E-state index in [1.54, 1.807) is 17.3 Å². The molecule has 1 aromatic heterocycles. The number of aliphatic hydroxyl groups is 1. The summed E-state index contributed by atoms with van der Waals surface area (Å²) in [6.07, 6.45) is 7.54. The Labute approximate surface area is 251 Å². The van der Waals surface area contributed by atoms with E-state index >= 15 is 0 Å². The molecule has 1 aliphatic carbocycles. The van der Waals surface area contributed by atoms with Crippen LogP contribution in [0.3, 0.4) is 0 Å². The zero-order chi connectivity index (χ0) is 29.8. The summed E-state index contributed by atoms with van der Waals surface area (Å²) in [7, 11) is 0. The van der Waals surface area contributed by atoms with Crippen molar-refractivity contribution >= 4 is 23.5 Å². The van der Waals surface area contributed by atoms with Gasteiger partial charge >= 0.3 is 0 Å². The number of piperidine rings is 2. The van der Waals surface area contributed by atoms with Crippen LogP contribution in [0.4, 0.5) is 5.95 Å². The van der Waals surface area contributed by atoms with E-state index in [-0.39, 0.29) is 48.3 Å². The number of nitrogens with zero attached hydrogens (tertiary/aromatic N) is 6. The van der Waals surface area contributed by atoms with Crippen molar-refractivity contribution in [2.75, 3.05) is 51.2 Å². The number of anilines is 1. The quantitative estimate of drug-likeness (QED) is 0.255. The number of aliphatic hydroxyl groups excluding tert-OH is 1. The summed E-state index contributed by atoms with van der Waals surface area (Å²) >= 11 is 0. The van der Waals surface area contributed by atoms with Crippen molar-refractivity contribution in [3.63, 3.8) is 0 Å². The van der Waals surface area contributed by atoms with Crippen LogP contribution < -0.4 is 16.1 Å². The lowest BCUT2D eigenvalue weighted by Crippen LogP contribution is -2.52. The smallest absolute Gasteiger partial charge is 0.248 e. The highest BCUT2D eigenvalue weighted by Gasteiger charge is 2.35. The van der Waals surface area contributed by atoms with E-state index in [0.717, 1.165) is 24.8 Å². The van der Waals surface area contributed by atoms with Gasteiger partial charge in [-0.15, -0.1) is 0 Å². The van der Waals surface area contributed by atoms with Gasteiger partial charge in [-0.1, -0.05) is 29.5 Å². The molecule has 13 heteroatoms. The number of hydrogen-bond donors (Lipinski definition) is 5. The maximum Gasteiger partial charge on any atom is 0.248 e. The number of aromatic nitrogens is 2. The molecular weight excluding hydrogens is 548 g/mol. The summed E-state index contributed by atoms with van der Waals surface area (Å²) in [5.41, 5.74) is 7.07. The number of amides is 2. The van der Waals surface area contributed by atoms with Crippen LogP contribution in [0.1, 0.15) is 41.9 Å². The summed E-state index contributed by atoms with van der Waals surface area (Å²) in [6, 6.07) is 8.92. The van der Waals surface area contributed by atoms with Crippen LogP contribution in [-0.4, -0.2) is 106 Å². The van der Waals surface area contributed by atoms with Gasteiger partial charge in [0.1, 0.15) is 6.61 Å². The Bertz CT molecular complexity index is 1320. The van der Waals surface area contributed by atoms with Gasteiger partial charge < -0.3 is 30.9 Å². The van der Waals surface area contributed by atoms with E-state index in [4.69, 9.17) is 0 Å². The third-order valence-electron chi connectivity index (χ3n) is 9.24. The number of likely N-dealkylation sites (tertiary alicyclic amines) is 2. The Hall–Kier alpha value is -3.97. The van der Waals surface area contributed by atoms with Crippen molar-refractivity contribution in [1.82, 2.24) is 30.5 Å².